The number of carbonyl (C=O) groups is 2. The summed E-state index contributed by atoms with van der Waals surface area (Å²) in [6.07, 6.45) is 2.47. The zero-order chi connectivity index (χ0) is 16.4. The van der Waals surface area contributed by atoms with E-state index in [1.54, 1.807) is 4.90 Å². The fourth-order valence-electron chi connectivity index (χ4n) is 3.52. The van der Waals surface area contributed by atoms with Gasteiger partial charge >= 0.3 is 5.97 Å². The Balaban J connectivity index is 1.68. The molecule has 1 aromatic carbocycles. The van der Waals surface area contributed by atoms with Crippen LogP contribution in [0.2, 0.25) is 0 Å². The molecular formula is C18H23NO4. The third-order valence-corrected chi connectivity index (χ3v) is 4.88. The van der Waals surface area contributed by atoms with E-state index in [0.29, 0.717) is 25.6 Å². The molecule has 2 fully saturated rings. The number of benzene rings is 1. The summed E-state index contributed by atoms with van der Waals surface area (Å²) in [7, 11) is 0. The lowest BCUT2D eigenvalue weighted by Gasteiger charge is -2.17. The zero-order valence-electron chi connectivity index (χ0n) is 13.4. The normalized spacial score (nSPS) is 23.8. The van der Waals surface area contributed by atoms with E-state index in [9.17, 15) is 14.7 Å². The molecule has 0 radical (unpaired) electrons. The van der Waals surface area contributed by atoms with Crippen molar-refractivity contribution in [2.75, 3.05) is 19.7 Å². The molecule has 1 N–H and O–H groups in total. The molecular weight excluding hydrogens is 294 g/mol. The Morgan fingerprint density at radius 1 is 1.26 bits per heavy atom. The second kappa shape index (κ2) is 6.60. The van der Waals surface area contributed by atoms with E-state index in [1.807, 2.05) is 31.2 Å². The van der Waals surface area contributed by atoms with Gasteiger partial charge in [-0.25, -0.2) is 0 Å². The highest BCUT2D eigenvalue weighted by molar-refractivity contribution is 5.81. The van der Waals surface area contributed by atoms with Gasteiger partial charge in [-0.3, -0.25) is 9.59 Å². The Morgan fingerprint density at radius 2 is 2.00 bits per heavy atom. The van der Waals surface area contributed by atoms with E-state index in [2.05, 4.69) is 0 Å². The first kappa shape index (κ1) is 15.8. The average Bonchev–Trinajstić information content (AvgIpc) is 3.27. The van der Waals surface area contributed by atoms with Crippen molar-refractivity contribution in [2.24, 2.45) is 17.8 Å². The molecule has 0 bridgehead atoms. The monoisotopic (exact) mass is 317 g/mol. The summed E-state index contributed by atoms with van der Waals surface area (Å²) in [5.74, 6) is 0.159. The first-order valence-corrected chi connectivity index (χ1v) is 8.31. The summed E-state index contributed by atoms with van der Waals surface area (Å²) >= 11 is 0. The number of ether oxygens (including phenoxy) is 1. The summed E-state index contributed by atoms with van der Waals surface area (Å²) in [5, 5.41) is 9.41. The Bertz CT molecular complexity index is 596. The molecule has 1 saturated heterocycles. The van der Waals surface area contributed by atoms with Crippen LogP contribution < -0.4 is 4.74 Å². The first-order chi connectivity index (χ1) is 11.1. The standard InChI is InChI=1S/C18H23NO4/c1-2-23-16-6-4-3-5-13(16)9-17(20)19-10-14(12-7-8-12)15(11-19)18(21)22/h3-6,12,14-15H,2,7-11H2,1H3,(H,21,22)/t14-,15+/m0/s1. The molecule has 2 atom stereocenters. The van der Waals surface area contributed by atoms with Crippen molar-refractivity contribution in [2.45, 2.75) is 26.2 Å². The van der Waals surface area contributed by atoms with Crippen LogP contribution in [0.25, 0.3) is 0 Å². The lowest BCUT2D eigenvalue weighted by molar-refractivity contribution is -0.142. The highest BCUT2D eigenvalue weighted by atomic mass is 16.5. The number of likely N-dealkylation sites (tertiary alicyclic amines) is 1. The Kier molecular flexibility index (Phi) is 4.55. The highest BCUT2D eigenvalue weighted by Gasteiger charge is 2.46. The van der Waals surface area contributed by atoms with Gasteiger partial charge in [0.1, 0.15) is 5.75 Å². The molecule has 2 aliphatic rings. The van der Waals surface area contributed by atoms with Crippen LogP contribution in [0.5, 0.6) is 5.75 Å². The molecule has 1 heterocycles. The molecule has 5 heteroatoms. The Labute approximate surface area is 136 Å². The third-order valence-electron chi connectivity index (χ3n) is 4.88. The number of para-hydroxylation sites is 1. The van der Waals surface area contributed by atoms with Crippen molar-refractivity contribution in [1.82, 2.24) is 4.90 Å². The molecule has 1 amide bonds. The first-order valence-electron chi connectivity index (χ1n) is 8.31. The van der Waals surface area contributed by atoms with Crippen molar-refractivity contribution in [1.29, 1.82) is 0 Å². The van der Waals surface area contributed by atoms with Crippen molar-refractivity contribution in [3.8, 4) is 5.75 Å². The largest absolute Gasteiger partial charge is 0.494 e. The molecule has 124 valence electrons. The zero-order valence-corrected chi connectivity index (χ0v) is 13.4. The van der Waals surface area contributed by atoms with Crippen LogP contribution in [0.15, 0.2) is 24.3 Å². The summed E-state index contributed by atoms with van der Waals surface area (Å²) in [5.41, 5.74) is 0.862. The number of aliphatic carboxylic acids is 1. The number of carbonyl (C=O) groups excluding carboxylic acids is 1. The maximum absolute atomic E-state index is 12.6. The number of hydrogen-bond donors (Lipinski definition) is 1. The van der Waals surface area contributed by atoms with Gasteiger partial charge in [-0.2, -0.15) is 0 Å². The molecule has 0 spiro atoms. The lowest BCUT2D eigenvalue weighted by atomic mass is 9.92. The van der Waals surface area contributed by atoms with Gasteiger partial charge in [0.05, 0.1) is 18.9 Å². The minimum atomic E-state index is -0.771. The molecule has 5 nitrogen and oxygen atoms in total. The topological polar surface area (TPSA) is 66.8 Å². The number of carboxylic acid groups (broad SMARTS) is 1. The van der Waals surface area contributed by atoms with Crippen LogP contribution in [-0.4, -0.2) is 41.6 Å². The maximum atomic E-state index is 12.6. The van der Waals surface area contributed by atoms with Gasteiger partial charge in [-0.1, -0.05) is 18.2 Å². The molecule has 0 unspecified atom stereocenters. The van der Waals surface area contributed by atoms with Crippen molar-refractivity contribution >= 4 is 11.9 Å². The van der Waals surface area contributed by atoms with Gasteiger partial charge in [-0.05, 0) is 37.7 Å². The predicted molar refractivity (Wildman–Crippen MR) is 85.2 cm³/mol. The van der Waals surface area contributed by atoms with Crippen LogP contribution in [-0.2, 0) is 16.0 Å². The summed E-state index contributed by atoms with van der Waals surface area (Å²) < 4.78 is 5.56. The van der Waals surface area contributed by atoms with Crippen LogP contribution in [0.1, 0.15) is 25.3 Å². The predicted octanol–water partition coefficient (Wildman–Crippen LogP) is 2.20. The summed E-state index contributed by atoms with van der Waals surface area (Å²) in [6, 6.07) is 7.54. The SMILES string of the molecule is CCOc1ccccc1CC(=O)N1C[C@@H](C(=O)O)[C@H](C2CC2)C1. The van der Waals surface area contributed by atoms with Gasteiger partial charge in [0, 0.05) is 18.7 Å². The number of rotatable bonds is 6. The molecule has 23 heavy (non-hydrogen) atoms. The molecule has 0 aromatic heterocycles. The van der Waals surface area contributed by atoms with E-state index in [-0.39, 0.29) is 18.2 Å². The second-order valence-electron chi connectivity index (χ2n) is 6.46. The molecule has 1 aromatic rings. The minimum absolute atomic E-state index is 0.00782. The highest BCUT2D eigenvalue weighted by Crippen LogP contribution is 2.44. The fourth-order valence-corrected chi connectivity index (χ4v) is 3.52. The van der Waals surface area contributed by atoms with Crippen LogP contribution in [0.3, 0.4) is 0 Å². The maximum Gasteiger partial charge on any atom is 0.308 e. The molecule has 3 rings (SSSR count). The van der Waals surface area contributed by atoms with Gasteiger partial charge in [-0.15, -0.1) is 0 Å². The van der Waals surface area contributed by atoms with Gasteiger partial charge in [0.2, 0.25) is 5.91 Å². The van der Waals surface area contributed by atoms with Crippen molar-refractivity contribution < 1.29 is 19.4 Å². The summed E-state index contributed by atoms with van der Waals surface area (Å²) in [6.45, 7) is 3.39. The van der Waals surface area contributed by atoms with Crippen molar-refractivity contribution in [3.63, 3.8) is 0 Å². The van der Waals surface area contributed by atoms with E-state index in [0.717, 1.165) is 24.2 Å². The third kappa shape index (κ3) is 3.49. The van der Waals surface area contributed by atoms with E-state index < -0.39 is 11.9 Å². The minimum Gasteiger partial charge on any atom is -0.494 e. The quantitative estimate of drug-likeness (QED) is 0.873. The fraction of sp³-hybridized carbons (Fsp3) is 0.556. The number of nitrogens with zero attached hydrogens (tertiary/aromatic N) is 1. The van der Waals surface area contributed by atoms with Crippen LogP contribution in [0, 0.1) is 17.8 Å². The number of carboxylic acids is 1. The number of hydrogen-bond acceptors (Lipinski definition) is 3. The van der Waals surface area contributed by atoms with Gasteiger partial charge in [0.15, 0.2) is 0 Å². The Hall–Kier alpha value is -2.04. The average molecular weight is 317 g/mol. The Morgan fingerprint density at radius 3 is 2.65 bits per heavy atom. The lowest BCUT2D eigenvalue weighted by Crippen LogP contribution is -2.31. The van der Waals surface area contributed by atoms with Crippen LogP contribution >= 0.6 is 0 Å². The van der Waals surface area contributed by atoms with Gasteiger partial charge < -0.3 is 14.7 Å². The number of amides is 1. The van der Waals surface area contributed by atoms with E-state index >= 15 is 0 Å². The van der Waals surface area contributed by atoms with Crippen molar-refractivity contribution in [3.05, 3.63) is 29.8 Å². The smallest absolute Gasteiger partial charge is 0.308 e. The second-order valence-corrected chi connectivity index (χ2v) is 6.46. The molecule has 1 aliphatic carbocycles. The van der Waals surface area contributed by atoms with E-state index in [4.69, 9.17) is 4.74 Å². The molecule has 1 aliphatic heterocycles. The van der Waals surface area contributed by atoms with E-state index in [1.165, 1.54) is 0 Å². The van der Waals surface area contributed by atoms with Crippen LogP contribution in [0.4, 0.5) is 0 Å². The summed E-state index contributed by atoms with van der Waals surface area (Å²) in [4.78, 5) is 25.8. The van der Waals surface area contributed by atoms with Gasteiger partial charge in [0.25, 0.3) is 0 Å². The molecule has 1 saturated carbocycles.